The predicted octanol–water partition coefficient (Wildman–Crippen LogP) is 4.93. The zero-order valence-electron chi connectivity index (χ0n) is 19.5. The summed E-state index contributed by atoms with van der Waals surface area (Å²) in [7, 11) is -8.15. The average molecular weight is 477 g/mol. The van der Waals surface area contributed by atoms with Crippen molar-refractivity contribution < 1.29 is 27.3 Å². The molecule has 10 heteroatoms. The van der Waals surface area contributed by atoms with Gasteiger partial charge in [-0.25, -0.2) is 0 Å². The van der Waals surface area contributed by atoms with E-state index in [1.54, 1.807) is 24.3 Å². The van der Waals surface area contributed by atoms with Gasteiger partial charge in [-0.05, 0) is 83.5 Å². The van der Waals surface area contributed by atoms with Gasteiger partial charge in [0.2, 0.25) is 0 Å². The topological polar surface area (TPSA) is 77.4 Å². The molecule has 1 aromatic rings. The largest absolute Gasteiger partial charge is 0.494 e. The van der Waals surface area contributed by atoms with Crippen LogP contribution in [0.4, 0.5) is 0 Å². The number of benzene rings is 1. The van der Waals surface area contributed by atoms with Crippen LogP contribution in [0.2, 0.25) is 65.0 Å². The average Bonchev–Trinajstić information content (AvgIpc) is 2.47. The Morgan fingerprint density at radius 1 is 0.759 bits per heavy atom. The first kappa shape index (κ1) is 26.7. The van der Waals surface area contributed by atoms with Crippen LogP contribution in [0.15, 0.2) is 24.3 Å². The minimum atomic E-state index is -2.41. The molecule has 0 bridgehead atoms. The second kappa shape index (κ2) is 10.3. The van der Waals surface area contributed by atoms with Gasteiger partial charge in [0.25, 0.3) is 0 Å². The van der Waals surface area contributed by atoms with Crippen LogP contribution in [0.1, 0.15) is 18.3 Å². The fraction of sp³-hybridized carbons (Fsp3) is 0.684. The summed E-state index contributed by atoms with van der Waals surface area (Å²) in [5, 5.41) is 18.3. The fourth-order valence-electron chi connectivity index (χ4n) is 3.37. The lowest BCUT2D eigenvalue weighted by atomic mass is 10.2. The molecule has 0 saturated carbocycles. The molecule has 0 aliphatic rings. The summed E-state index contributed by atoms with van der Waals surface area (Å²) in [5.41, 5.74) is 0.448. The van der Waals surface area contributed by atoms with Gasteiger partial charge in [-0.3, -0.25) is 0 Å². The number of ether oxygens (including phenoxy) is 1. The van der Waals surface area contributed by atoms with Crippen molar-refractivity contribution in [3.8, 4) is 5.75 Å². The van der Waals surface area contributed by atoms with Gasteiger partial charge in [0.15, 0.2) is 22.9 Å². The monoisotopic (exact) mass is 476 g/mol. The third-order valence-corrected chi connectivity index (χ3v) is 17.3. The highest BCUT2D eigenvalue weighted by atomic mass is 28.5. The van der Waals surface area contributed by atoms with Crippen LogP contribution < -0.4 is 4.74 Å². The molecule has 0 fully saturated rings. The molecule has 0 radical (unpaired) electrons. The van der Waals surface area contributed by atoms with Gasteiger partial charge in [0.05, 0.1) is 6.61 Å². The third-order valence-electron chi connectivity index (χ3n) is 3.76. The molecule has 0 aromatic heterocycles. The Hall–Kier alpha value is -0.312. The maximum Gasteiger partial charge on any atom is 0.315 e. The van der Waals surface area contributed by atoms with E-state index < -0.39 is 40.0 Å². The van der Waals surface area contributed by atoms with Crippen molar-refractivity contribution >= 4 is 33.8 Å². The highest BCUT2D eigenvalue weighted by Gasteiger charge is 2.44. The molecule has 0 saturated heterocycles. The smallest absolute Gasteiger partial charge is 0.315 e. The Morgan fingerprint density at radius 3 is 1.72 bits per heavy atom. The lowest BCUT2D eigenvalue weighted by molar-refractivity contribution is -0.0425. The van der Waals surface area contributed by atoms with E-state index in [4.69, 9.17) is 27.3 Å². The highest BCUT2D eigenvalue weighted by molar-refractivity contribution is 6.89. The van der Waals surface area contributed by atoms with Crippen LogP contribution in [-0.2, 0) is 12.3 Å². The summed E-state index contributed by atoms with van der Waals surface area (Å²) >= 11 is 0. The Bertz CT molecular complexity index is 625. The summed E-state index contributed by atoms with van der Waals surface area (Å²) in [6.45, 7) is 20.1. The van der Waals surface area contributed by atoms with Crippen molar-refractivity contribution in [3.05, 3.63) is 29.8 Å². The molecule has 2 N–H and O–H groups in total. The SMILES string of the molecule is C[Si](C)(C)O[Si](C)(C)O[Si](C)(CCCOc1ccc(C(O)O)cc1)O[Si](C)(C)C. The molecule has 0 spiro atoms. The Balaban J connectivity index is 2.70. The number of hydrogen-bond donors (Lipinski definition) is 2. The van der Waals surface area contributed by atoms with Gasteiger partial charge in [-0.15, -0.1) is 0 Å². The second-order valence-corrected chi connectivity index (χ2v) is 26.4. The van der Waals surface area contributed by atoms with E-state index in [2.05, 4.69) is 58.9 Å². The van der Waals surface area contributed by atoms with E-state index >= 15 is 0 Å². The molecule has 0 aliphatic carbocycles. The van der Waals surface area contributed by atoms with Crippen LogP contribution in [0.5, 0.6) is 5.75 Å². The van der Waals surface area contributed by atoms with Crippen LogP contribution >= 0.6 is 0 Å². The molecular formula is C19H40O6Si4. The Kier molecular flexibility index (Phi) is 9.52. The Labute approximate surface area is 180 Å². The van der Waals surface area contributed by atoms with E-state index in [9.17, 15) is 0 Å². The lowest BCUT2D eigenvalue weighted by Gasteiger charge is -2.41. The molecule has 29 heavy (non-hydrogen) atoms. The van der Waals surface area contributed by atoms with Crippen molar-refractivity contribution in [1.29, 1.82) is 0 Å². The zero-order valence-corrected chi connectivity index (χ0v) is 23.5. The number of rotatable bonds is 12. The van der Waals surface area contributed by atoms with Gasteiger partial charge in [-0.2, -0.15) is 0 Å². The molecule has 0 amide bonds. The van der Waals surface area contributed by atoms with Crippen LogP contribution in [0, 0.1) is 0 Å². The van der Waals surface area contributed by atoms with Crippen molar-refractivity contribution in [3.63, 3.8) is 0 Å². The number of hydrogen-bond acceptors (Lipinski definition) is 6. The molecule has 1 unspecified atom stereocenters. The summed E-state index contributed by atoms with van der Waals surface area (Å²) in [6.07, 6.45) is -0.632. The molecule has 6 nitrogen and oxygen atoms in total. The molecule has 1 aromatic carbocycles. The van der Waals surface area contributed by atoms with E-state index in [0.717, 1.165) is 12.5 Å². The Morgan fingerprint density at radius 2 is 1.28 bits per heavy atom. The normalized spacial score (nSPS) is 15.4. The number of aliphatic hydroxyl groups excluding tert-OH is 1. The first-order valence-electron chi connectivity index (χ1n) is 10.2. The number of aliphatic hydroxyl groups is 2. The third kappa shape index (κ3) is 11.6. The minimum Gasteiger partial charge on any atom is -0.494 e. The zero-order chi connectivity index (χ0) is 22.5. The molecule has 1 rings (SSSR count). The summed E-state index contributed by atoms with van der Waals surface area (Å²) in [4.78, 5) is 0. The van der Waals surface area contributed by atoms with E-state index in [-0.39, 0.29) is 0 Å². The van der Waals surface area contributed by atoms with Crippen molar-refractivity contribution in [2.45, 2.75) is 77.7 Å². The summed E-state index contributed by atoms with van der Waals surface area (Å²) in [5.74, 6) is 0.710. The molecule has 1 atom stereocenters. The fourth-order valence-corrected chi connectivity index (χ4v) is 21.3. The van der Waals surface area contributed by atoms with Gasteiger partial charge in [-0.1, -0.05) is 12.1 Å². The maximum absolute atomic E-state index is 9.16. The van der Waals surface area contributed by atoms with E-state index in [0.29, 0.717) is 17.9 Å². The van der Waals surface area contributed by atoms with Crippen molar-refractivity contribution in [2.24, 2.45) is 0 Å². The van der Waals surface area contributed by atoms with Gasteiger partial charge in [0.1, 0.15) is 5.75 Å². The standard InChI is InChI=1S/C19H40O6Si4/c1-26(2,3)23-28(7,8)25-29(9,24-27(4,5)6)16-10-15-22-18-13-11-17(12-14-18)19(20)21/h11-14,19-21H,10,15-16H2,1-9H3. The van der Waals surface area contributed by atoms with Gasteiger partial charge in [0, 0.05) is 5.56 Å². The second-order valence-electron chi connectivity index (χ2n) is 9.96. The summed E-state index contributed by atoms with van der Waals surface area (Å²) in [6, 6.07) is 7.64. The molecule has 0 aliphatic heterocycles. The highest BCUT2D eigenvalue weighted by Crippen LogP contribution is 2.28. The quantitative estimate of drug-likeness (QED) is 0.253. The van der Waals surface area contributed by atoms with Crippen LogP contribution in [0.25, 0.3) is 0 Å². The van der Waals surface area contributed by atoms with Crippen molar-refractivity contribution in [1.82, 2.24) is 0 Å². The molecular weight excluding hydrogens is 437 g/mol. The van der Waals surface area contributed by atoms with E-state index in [1.165, 1.54) is 0 Å². The lowest BCUT2D eigenvalue weighted by Crippen LogP contribution is -2.56. The van der Waals surface area contributed by atoms with Crippen LogP contribution in [0.3, 0.4) is 0 Å². The van der Waals surface area contributed by atoms with Gasteiger partial charge < -0.3 is 27.3 Å². The first-order chi connectivity index (χ1) is 13.0. The molecule has 0 heterocycles. The van der Waals surface area contributed by atoms with Gasteiger partial charge >= 0.3 is 17.1 Å². The van der Waals surface area contributed by atoms with E-state index in [1.807, 2.05) is 0 Å². The summed E-state index contributed by atoms with van der Waals surface area (Å²) < 4.78 is 25.5. The first-order valence-corrected chi connectivity index (χ1v) is 22.4. The maximum atomic E-state index is 9.16. The molecule has 168 valence electrons. The minimum absolute atomic E-state index is 0.448. The van der Waals surface area contributed by atoms with Crippen LogP contribution in [-0.4, -0.2) is 50.6 Å². The van der Waals surface area contributed by atoms with Crippen molar-refractivity contribution in [2.75, 3.05) is 6.61 Å². The predicted molar refractivity (Wildman–Crippen MR) is 128 cm³/mol.